The summed E-state index contributed by atoms with van der Waals surface area (Å²) < 4.78 is 19.5. The smallest absolute Gasteiger partial charge is 0.232 e. The number of nitrogens with zero attached hydrogens (tertiary/aromatic N) is 1. The summed E-state index contributed by atoms with van der Waals surface area (Å²) in [6.45, 7) is 7.62. The first-order chi connectivity index (χ1) is 13.7. The summed E-state index contributed by atoms with van der Waals surface area (Å²) in [6, 6.07) is 10.2. The van der Waals surface area contributed by atoms with Crippen molar-refractivity contribution >= 4 is 31.1 Å². The first-order valence-electron chi connectivity index (χ1n) is 9.56. The molecule has 2 heterocycles. The van der Waals surface area contributed by atoms with Gasteiger partial charge >= 0.3 is 0 Å². The fourth-order valence-electron chi connectivity index (χ4n) is 3.03. The van der Waals surface area contributed by atoms with Crippen LogP contribution in [0, 0.1) is 6.92 Å². The number of rotatable bonds is 5. The number of aryl methyl sites for hydroxylation is 1. The molecule has 3 rings (SSSR count). The lowest BCUT2D eigenvalue weighted by Gasteiger charge is -2.19. The minimum atomic E-state index is -3.19. The third-order valence-corrected chi connectivity index (χ3v) is 6.17. The van der Waals surface area contributed by atoms with E-state index >= 15 is 0 Å². The molecule has 0 radical (unpaired) electrons. The maximum Gasteiger partial charge on any atom is 0.232 e. The van der Waals surface area contributed by atoms with E-state index in [-0.39, 0.29) is 11.5 Å². The van der Waals surface area contributed by atoms with Crippen LogP contribution in [-0.2, 0) is 15.5 Å². The predicted molar refractivity (Wildman–Crippen MR) is 119 cm³/mol. The molecule has 1 aromatic heterocycles. The van der Waals surface area contributed by atoms with Gasteiger partial charge in [-0.3, -0.25) is 9.78 Å². The average molecular weight is 435 g/mol. The summed E-state index contributed by atoms with van der Waals surface area (Å²) in [5, 5.41) is 3.42. The molecule has 5 nitrogen and oxygen atoms in total. The van der Waals surface area contributed by atoms with Crippen molar-refractivity contribution in [3.63, 3.8) is 0 Å². The first-order valence-corrected chi connectivity index (χ1v) is 12.0. The molecule has 1 N–H and O–H groups in total. The number of hydrogen-bond donors (Lipinski definition) is 1. The van der Waals surface area contributed by atoms with Crippen LogP contribution in [-0.4, -0.2) is 38.0 Å². The molecule has 0 saturated heterocycles. The van der Waals surface area contributed by atoms with E-state index in [1.807, 2.05) is 6.92 Å². The largest absolute Gasteiger partial charge is 0.312 e. The van der Waals surface area contributed by atoms with Crippen LogP contribution < -0.4 is 5.32 Å². The number of aromatic nitrogens is 1. The van der Waals surface area contributed by atoms with Crippen LogP contribution in [0.15, 0.2) is 48.3 Å². The number of ketones is 1. The lowest BCUT2D eigenvalue weighted by molar-refractivity contribution is 0.0992. The van der Waals surface area contributed by atoms with E-state index in [1.165, 1.54) is 23.6 Å². The zero-order valence-electron chi connectivity index (χ0n) is 17.0. The van der Waals surface area contributed by atoms with E-state index in [2.05, 4.69) is 52.2 Å². The van der Waals surface area contributed by atoms with Gasteiger partial charge in [-0.25, -0.2) is 8.42 Å². The van der Waals surface area contributed by atoms with Crippen LogP contribution in [0.4, 0.5) is 0 Å². The second-order valence-electron chi connectivity index (χ2n) is 7.00. The molecular formula is C22H27ClN2O3S. The van der Waals surface area contributed by atoms with E-state index in [0.717, 1.165) is 36.2 Å². The van der Waals surface area contributed by atoms with Gasteiger partial charge in [-0.15, -0.1) is 0 Å². The van der Waals surface area contributed by atoms with Crippen LogP contribution in [0.2, 0.25) is 0 Å². The molecule has 0 unspecified atom stereocenters. The van der Waals surface area contributed by atoms with Crippen molar-refractivity contribution < 1.29 is 13.2 Å². The summed E-state index contributed by atoms with van der Waals surface area (Å²) in [5.74, 6) is 0.154. The number of benzene rings is 1. The molecule has 0 fully saturated rings. The lowest BCUT2D eigenvalue weighted by atomic mass is 9.94. The fourth-order valence-corrected chi connectivity index (χ4v) is 3.03. The molecule has 0 saturated carbocycles. The highest BCUT2D eigenvalue weighted by molar-refractivity contribution is 8.13. The van der Waals surface area contributed by atoms with Crippen molar-refractivity contribution in [3.05, 3.63) is 70.6 Å². The molecule has 0 spiro atoms. The van der Waals surface area contributed by atoms with Gasteiger partial charge < -0.3 is 5.32 Å². The highest BCUT2D eigenvalue weighted by atomic mass is 35.7. The average Bonchev–Trinajstić information content (AvgIpc) is 2.69. The molecule has 0 aliphatic carbocycles. The minimum Gasteiger partial charge on any atom is -0.312 e. The first kappa shape index (κ1) is 23.3. The molecule has 2 aromatic rings. The van der Waals surface area contributed by atoms with Gasteiger partial charge in [0.05, 0.1) is 5.75 Å². The van der Waals surface area contributed by atoms with Crippen LogP contribution in [0.1, 0.15) is 47.3 Å². The van der Waals surface area contributed by atoms with Crippen LogP contribution in [0.25, 0.3) is 5.57 Å². The van der Waals surface area contributed by atoms with Gasteiger partial charge in [-0.05, 0) is 55.1 Å². The van der Waals surface area contributed by atoms with Gasteiger partial charge in [-0.2, -0.15) is 0 Å². The molecular weight excluding hydrogens is 408 g/mol. The van der Waals surface area contributed by atoms with E-state index < -0.39 is 9.05 Å². The summed E-state index contributed by atoms with van der Waals surface area (Å²) in [5.41, 5.74) is 6.85. The Hall–Kier alpha value is -2.02. The molecule has 7 heteroatoms. The Kier molecular flexibility index (Phi) is 8.56. The van der Waals surface area contributed by atoms with Gasteiger partial charge in [0.1, 0.15) is 0 Å². The quantitative estimate of drug-likeness (QED) is 0.564. The maximum atomic E-state index is 12.4. The van der Waals surface area contributed by atoms with E-state index in [0.29, 0.717) is 6.42 Å². The van der Waals surface area contributed by atoms with Gasteiger partial charge in [-0.1, -0.05) is 36.8 Å². The summed E-state index contributed by atoms with van der Waals surface area (Å²) in [4.78, 5) is 16.5. The van der Waals surface area contributed by atoms with Crippen molar-refractivity contribution in [1.29, 1.82) is 0 Å². The lowest BCUT2D eigenvalue weighted by Crippen LogP contribution is -2.23. The van der Waals surface area contributed by atoms with Gasteiger partial charge in [0.2, 0.25) is 9.05 Å². The van der Waals surface area contributed by atoms with E-state index in [9.17, 15) is 13.2 Å². The van der Waals surface area contributed by atoms with Crippen molar-refractivity contribution in [2.75, 3.05) is 18.8 Å². The van der Waals surface area contributed by atoms with E-state index in [1.54, 1.807) is 18.5 Å². The molecule has 156 valence electrons. The zero-order valence-corrected chi connectivity index (χ0v) is 18.6. The topological polar surface area (TPSA) is 76.1 Å². The van der Waals surface area contributed by atoms with Crippen molar-refractivity contribution in [1.82, 2.24) is 10.3 Å². The molecule has 0 atom stereocenters. The number of pyridine rings is 1. The standard InChI is InChI=1S/C20H22N2O.C2H5ClO2S/c1-14-7-9-22-13-19(14)17-5-3-16(4-6-17)11-20(23)18-8-10-21-12-15(18)2;1-2-6(3,4)5/h3-6,8,10,12,22H,7,9,11,13H2,1-2H3;2H2,1H3. The van der Waals surface area contributed by atoms with Crippen molar-refractivity contribution in [2.45, 2.75) is 33.6 Å². The van der Waals surface area contributed by atoms with Gasteiger partial charge in [0.15, 0.2) is 5.78 Å². The highest BCUT2D eigenvalue weighted by Gasteiger charge is 2.12. The second-order valence-corrected chi connectivity index (χ2v) is 10.1. The zero-order chi connectivity index (χ0) is 21.4. The second kappa shape index (κ2) is 10.7. The minimum absolute atomic E-state index is 0.00849. The maximum absolute atomic E-state index is 12.4. The number of carbonyl (C=O) groups excluding carboxylic acids is 1. The molecule has 1 aliphatic heterocycles. The van der Waals surface area contributed by atoms with Gasteiger partial charge in [0.25, 0.3) is 0 Å². The molecule has 29 heavy (non-hydrogen) atoms. The SMILES string of the molecule is CC1=C(c2ccc(CC(=O)c3ccncc3C)cc2)CNCC1.CCS(=O)(=O)Cl. The monoisotopic (exact) mass is 434 g/mol. The summed E-state index contributed by atoms with van der Waals surface area (Å²) in [6.07, 6.45) is 4.95. The number of carbonyl (C=O) groups is 1. The Morgan fingerprint density at radius 3 is 2.38 bits per heavy atom. The Bertz CT molecular complexity index is 983. The van der Waals surface area contributed by atoms with E-state index in [4.69, 9.17) is 0 Å². The molecule has 1 aliphatic rings. The highest BCUT2D eigenvalue weighted by Crippen LogP contribution is 2.23. The summed E-state index contributed by atoms with van der Waals surface area (Å²) in [7, 11) is 1.50. The Morgan fingerprint density at radius 1 is 1.17 bits per heavy atom. The predicted octanol–water partition coefficient (Wildman–Crippen LogP) is 4.16. The molecule has 0 amide bonds. The van der Waals surface area contributed by atoms with Gasteiger partial charge in [0, 0.05) is 41.6 Å². The van der Waals surface area contributed by atoms with Crippen molar-refractivity contribution in [3.8, 4) is 0 Å². The number of hydrogen-bond acceptors (Lipinski definition) is 5. The molecule has 1 aromatic carbocycles. The Morgan fingerprint density at radius 2 is 1.83 bits per heavy atom. The normalized spacial score (nSPS) is 14.2. The van der Waals surface area contributed by atoms with Crippen LogP contribution in [0.5, 0.6) is 0 Å². The Balaban J connectivity index is 0.000000438. The Labute approximate surface area is 177 Å². The number of nitrogens with one attached hydrogen (secondary N) is 1. The van der Waals surface area contributed by atoms with Crippen molar-refractivity contribution in [2.24, 2.45) is 0 Å². The van der Waals surface area contributed by atoms with Crippen LogP contribution >= 0.6 is 10.7 Å². The number of Topliss-reactive ketones (excluding diaryl/α,β-unsaturated/α-hetero) is 1. The van der Waals surface area contributed by atoms with Crippen LogP contribution in [0.3, 0.4) is 0 Å². The summed E-state index contributed by atoms with van der Waals surface area (Å²) >= 11 is 0. The fraction of sp³-hybridized carbons (Fsp3) is 0.364. The number of halogens is 1. The third-order valence-electron chi connectivity index (χ3n) is 4.83. The molecule has 0 bridgehead atoms. The third kappa shape index (κ3) is 7.38.